The maximum absolute atomic E-state index is 11.9. The number of hydrogen-bond donors (Lipinski definition) is 6. The summed E-state index contributed by atoms with van der Waals surface area (Å²) in [6.07, 6.45) is -3.58. The van der Waals surface area contributed by atoms with Gasteiger partial charge in [0.05, 0.1) is 38.6 Å². The van der Waals surface area contributed by atoms with Crippen LogP contribution in [0.1, 0.15) is 30.1 Å². The Hall–Kier alpha value is -3.19. The van der Waals surface area contributed by atoms with Gasteiger partial charge < -0.3 is 39.6 Å². The summed E-state index contributed by atoms with van der Waals surface area (Å²) in [6.45, 7) is 1.28. The van der Waals surface area contributed by atoms with Crippen molar-refractivity contribution in [1.29, 1.82) is 10.8 Å². The zero-order valence-corrected chi connectivity index (χ0v) is 21.3. The highest BCUT2D eigenvalue weighted by atomic mass is 16.5. The van der Waals surface area contributed by atoms with Gasteiger partial charge in [0.25, 0.3) is 0 Å². The predicted molar refractivity (Wildman–Crippen MR) is 139 cm³/mol. The van der Waals surface area contributed by atoms with Crippen molar-refractivity contribution in [2.24, 2.45) is 0 Å². The average molecular weight is 530 g/mol. The van der Waals surface area contributed by atoms with E-state index in [1.165, 1.54) is 0 Å². The van der Waals surface area contributed by atoms with E-state index in [1.54, 1.807) is 37.4 Å². The molecule has 2 aromatic carbocycles. The minimum Gasteiger partial charge on any atom is -0.425 e. The van der Waals surface area contributed by atoms with E-state index in [2.05, 4.69) is 5.32 Å². The Kier molecular flexibility index (Phi) is 11.3. The molecule has 3 rings (SSSR count). The molecule has 206 valence electrons. The molecule has 0 saturated carbocycles. The Bertz CT molecular complexity index is 1080. The quantitative estimate of drug-likeness (QED) is 0.136. The molecule has 11 nitrogen and oxygen atoms in total. The molecule has 6 N–H and O–H groups in total. The third-order valence-corrected chi connectivity index (χ3v) is 5.99. The van der Waals surface area contributed by atoms with E-state index in [1.807, 2.05) is 18.2 Å². The number of aliphatic hydroxyl groups excluding tert-OH is 3. The summed E-state index contributed by atoms with van der Waals surface area (Å²) in [5.74, 6) is -1.01. The molecule has 1 amide bonds. The number of aliphatic hydroxyl groups is 3. The molecule has 0 aliphatic carbocycles. The van der Waals surface area contributed by atoms with Crippen molar-refractivity contribution in [3.05, 3.63) is 59.7 Å². The Morgan fingerprint density at radius 3 is 2.55 bits per heavy atom. The molecule has 0 bridgehead atoms. The topological polar surface area (TPSA) is 174 Å². The lowest BCUT2D eigenvalue weighted by Gasteiger charge is -2.37. The van der Waals surface area contributed by atoms with Crippen LogP contribution in [0.4, 0.5) is 0 Å². The molecule has 1 aliphatic heterocycles. The Morgan fingerprint density at radius 1 is 1.08 bits per heavy atom. The van der Waals surface area contributed by atoms with Crippen LogP contribution >= 0.6 is 0 Å². The lowest BCUT2D eigenvalue weighted by atomic mass is 9.91. The molecule has 3 unspecified atom stereocenters. The van der Waals surface area contributed by atoms with Crippen LogP contribution in [-0.2, 0) is 23.7 Å². The van der Waals surface area contributed by atoms with E-state index >= 15 is 0 Å². The molecular formula is C27H35N3O8. The van der Waals surface area contributed by atoms with Crippen molar-refractivity contribution < 1.29 is 39.1 Å². The van der Waals surface area contributed by atoms with Gasteiger partial charge in [-0.1, -0.05) is 30.3 Å². The van der Waals surface area contributed by atoms with Crippen LogP contribution in [0.3, 0.4) is 0 Å². The SMILES string of the molecule is COCCOCCNC(=O)CC(=N)OC(=N)c1ccc(-c2cccc([C@H]3OC(CO)CC(O)C3O)c2)cc1. The molecule has 2 aromatic rings. The highest BCUT2D eigenvalue weighted by molar-refractivity contribution is 6.04. The van der Waals surface area contributed by atoms with Gasteiger partial charge in [0.15, 0.2) is 5.90 Å². The Balaban J connectivity index is 1.54. The molecule has 0 radical (unpaired) electrons. The summed E-state index contributed by atoms with van der Waals surface area (Å²) in [4.78, 5) is 11.9. The standard InChI is InChI=1S/C27H35N3O8/c1-35-11-12-36-10-9-30-24(33)15-23(28)38-27(29)18-7-5-17(6-8-18)19-3-2-4-20(13-19)26-25(34)22(32)14-21(16-31)37-26/h2-8,13,21-22,25-26,28-29,31-32,34H,9-12,14-16H2,1H3,(H,30,33)/t21?,22?,25?,26-/m1/s1. The molecule has 0 aromatic heterocycles. The number of carbonyl (C=O) groups excluding carboxylic acids is 1. The van der Waals surface area contributed by atoms with Crippen LogP contribution in [0.5, 0.6) is 0 Å². The monoisotopic (exact) mass is 529 g/mol. The molecule has 38 heavy (non-hydrogen) atoms. The third kappa shape index (κ3) is 8.42. The number of carbonyl (C=O) groups is 1. The molecule has 11 heteroatoms. The summed E-state index contributed by atoms with van der Waals surface area (Å²) in [6, 6.07) is 14.2. The van der Waals surface area contributed by atoms with Crippen molar-refractivity contribution in [2.45, 2.75) is 37.3 Å². The fourth-order valence-electron chi connectivity index (χ4n) is 3.99. The molecular weight excluding hydrogens is 494 g/mol. The minimum absolute atomic E-state index is 0.162. The predicted octanol–water partition coefficient (Wildman–Crippen LogP) is 1.39. The molecule has 1 saturated heterocycles. The van der Waals surface area contributed by atoms with Gasteiger partial charge in [-0.3, -0.25) is 15.6 Å². The van der Waals surface area contributed by atoms with Crippen LogP contribution in [0.25, 0.3) is 11.1 Å². The normalized spacial score (nSPS) is 21.1. The van der Waals surface area contributed by atoms with E-state index in [0.717, 1.165) is 11.1 Å². The zero-order valence-electron chi connectivity index (χ0n) is 21.3. The minimum atomic E-state index is -1.11. The second-order valence-electron chi connectivity index (χ2n) is 8.84. The van der Waals surface area contributed by atoms with E-state index in [0.29, 0.717) is 37.5 Å². The summed E-state index contributed by atoms with van der Waals surface area (Å²) in [7, 11) is 1.57. The van der Waals surface area contributed by atoms with E-state index in [4.69, 9.17) is 29.8 Å². The first-order chi connectivity index (χ1) is 18.3. The number of hydrogen-bond acceptors (Lipinski definition) is 10. The summed E-state index contributed by atoms with van der Waals surface area (Å²) >= 11 is 0. The first-order valence-electron chi connectivity index (χ1n) is 12.3. The fraction of sp³-hybridized carbons (Fsp3) is 0.444. The second kappa shape index (κ2) is 14.7. The van der Waals surface area contributed by atoms with Crippen molar-refractivity contribution in [3.63, 3.8) is 0 Å². The van der Waals surface area contributed by atoms with E-state index < -0.39 is 30.3 Å². The molecule has 4 atom stereocenters. The van der Waals surface area contributed by atoms with Crippen molar-refractivity contribution >= 4 is 17.7 Å². The Morgan fingerprint density at radius 2 is 1.84 bits per heavy atom. The van der Waals surface area contributed by atoms with Crippen molar-refractivity contribution in [1.82, 2.24) is 5.32 Å². The van der Waals surface area contributed by atoms with Crippen LogP contribution in [0.15, 0.2) is 48.5 Å². The molecule has 1 fully saturated rings. The first-order valence-corrected chi connectivity index (χ1v) is 12.3. The van der Waals surface area contributed by atoms with Gasteiger partial charge >= 0.3 is 0 Å². The Labute approximate surface area is 221 Å². The smallest absolute Gasteiger partial charge is 0.229 e. The molecule has 0 spiro atoms. The number of amides is 1. The zero-order chi connectivity index (χ0) is 27.5. The summed E-state index contributed by atoms with van der Waals surface area (Å²) in [5, 5.41) is 48.7. The second-order valence-corrected chi connectivity index (χ2v) is 8.84. The van der Waals surface area contributed by atoms with Crippen LogP contribution in [0.2, 0.25) is 0 Å². The van der Waals surface area contributed by atoms with Crippen LogP contribution in [-0.4, -0.2) is 91.4 Å². The van der Waals surface area contributed by atoms with Crippen LogP contribution in [0, 0.1) is 10.8 Å². The van der Waals surface area contributed by atoms with Gasteiger partial charge in [-0.05, 0) is 34.9 Å². The summed E-state index contributed by atoms with van der Waals surface area (Å²) < 4.78 is 21.1. The maximum Gasteiger partial charge on any atom is 0.229 e. The van der Waals surface area contributed by atoms with E-state index in [9.17, 15) is 20.1 Å². The first kappa shape index (κ1) is 29.4. The van der Waals surface area contributed by atoms with Gasteiger partial charge in [0.1, 0.15) is 18.6 Å². The van der Waals surface area contributed by atoms with Gasteiger partial charge in [0, 0.05) is 25.6 Å². The number of rotatable bonds is 12. The highest BCUT2D eigenvalue weighted by Crippen LogP contribution is 2.34. The molecule has 1 aliphatic rings. The summed E-state index contributed by atoms with van der Waals surface area (Å²) in [5.41, 5.74) is 2.76. The van der Waals surface area contributed by atoms with Gasteiger partial charge in [-0.25, -0.2) is 0 Å². The van der Waals surface area contributed by atoms with Gasteiger partial charge in [-0.2, -0.15) is 0 Å². The lowest BCUT2D eigenvalue weighted by Crippen LogP contribution is -2.44. The van der Waals surface area contributed by atoms with Crippen LogP contribution < -0.4 is 5.32 Å². The maximum atomic E-state index is 11.9. The van der Waals surface area contributed by atoms with Crippen molar-refractivity contribution in [2.75, 3.05) is 40.1 Å². The van der Waals surface area contributed by atoms with E-state index in [-0.39, 0.29) is 31.2 Å². The van der Waals surface area contributed by atoms with Crippen molar-refractivity contribution in [3.8, 4) is 11.1 Å². The fourth-order valence-corrected chi connectivity index (χ4v) is 3.99. The average Bonchev–Trinajstić information content (AvgIpc) is 2.92. The molecule has 1 heterocycles. The number of nitrogens with one attached hydrogen (secondary N) is 3. The number of methoxy groups -OCH3 is 1. The number of benzene rings is 2. The van der Waals surface area contributed by atoms with Gasteiger partial charge in [-0.15, -0.1) is 0 Å². The number of ether oxygens (including phenoxy) is 4. The van der Waals surface area contributed by atoms with Gasteiger partial charge in [0.2, 0.25) is 11.8 Å². The lowest BCUT2D eigenvalue weighted by molar-refractivity contribution is -0.179. The third-order valence-electron chi connectivity index (χ3n) is 5.99. The highest BCUT2D eigenvalue weighted by Gasteiger charge is 2.37. The largest absolute Gasteiger partial charge is 0.425 e.